The summed E-state index contributed by atoms with van der Waals surface area (Å²) in [5, 5.41) is 3.16. The monoisotopic (exact) mass is 261 g/mol. The fourth-order valence-corrected chi connectivity index (χ4v) is 2.90. The first-order valence-corrected chi connectivity index (χ1v) is 7.36. The molecule has 1 aliphatic rings. The maximum absolute atomic E-state index is 3.16. The normalized spacial score (nSPS) is 20.3. The first-order valence-electron chi connectivity index (χ1n) is 7.36. The SMILES string of the molecule is CNc1ccc(N(C)CCC2CCCN(C)C2)cc1. The molecular formula is C16H27N3. The summed E-state index contributed by atoms with van der Waals surface area (Å²) in [6.45, 7) is 3.70. The van der Waals surface area contributed by atoms with Crippen molar-refractivity contribution in [3.05, 3.63) is 24.3 Å². The third-order valence-electron chi connectivity index (χ3n) is 4.19. The molecule has 3 heteroatoms. The molecule has 1 fully saturated rings. The summed E-state index contributed by atoms with van der Waals surface area (Å²) in [4.78, 5) is 4.84. The molecular weight excluding hydrogens is 234 g/mol. The van der Waals surface area contributed by atoms with Gasteiger partial charge in [-0.3, -0.25) is 0 Å². The van der Waals surface area contributed by atoms with Gasteiger partial charge >= 0.3 is 0 Å². The summed E-state index contributed by atoms with van der Waals surface area (Å²) in [6, 6.07) is 8.66. The van der Waals surface area contributed by atoms with Gasteiger partial charge < -0.3 is 15.1 Å². The van der Waals surface area contributed by atoms with Crippen LogP contribution in [-0.2, 0) is 0 Å². The van der Waals surface area contributed by atoms with Crippen molar-refractivity contribution in [3.63, 3.8) is 0 Å². The molecule has 2 rings (SSSR count). The van der Waals surface area contributed by atoms with Gasteiger partial charge in [-0.2, -0.15) is 0 Å². The van der Waals surface area contributed by atoms with Crippen LogP contribution < -0.4 is 10.2 Å². The van der Waals surface area contributed by atoms with E-state index in [1.54, 1.807) is 0 Å². The molecule has 0 radical (unpaired) electrons. The molecule has 1 N–H and O–H groups in total. The highest BCUT2D eigenvalue weighted by Crippen LogP contribution is 2.21. The lowest BCUT2D eigenvalue weighted by Crippen LogP contribution is -2.34. The molecule has 3 nitrogen and oxygen atoms in total. The third-order valence-corrected chi connectivity index (χ3v) is 4.19. The molecule has 1 aromatic rings. The molecule has 1 atom stereocenters. The van der Waals surface area contributed by atoms with Crippen LogP contribution >= 0.6 is 0 Å². The van der Waals surface area contributed by atoms with Gasteiger partial charge in [-0.15, -0.1) is 0 Å². The van der Waals surface area contributed by atoms with Gasteiger partial charge in [0.15, 0.2) is 0 Å². The van der Waals surface area contributed by atoms with E-state index in [1.165, 1.54) is 43.7 Å². The topological polar surface area (TPSA) is 18.5 Å². The van der Waals surface area contributed by atoms with Crippen molar-refractivity contribution in [3.8, 4) is 0 Å². The van der Waals surface area contributed by atoms with E-state index >= 15 is 0 Å². The zero-order chi connectivity index (χ0) is 13.7. The number of hydrogen-bond acceptors (Lipinski definition) is 3. The average Bonchev–Trinajstić information content (AvgIpc) is 2.45. The second-order valence-electron chi connectivity index (χ2n) is 5.78. The van der Waals surface area contributed by atoms with Crippen molar-refractivity contribution in [2.24, 2.45) is 5.92 Å². The predicted octanol–water partition coefficient (Wildman–Crippen LogP) is 2.90. The van der Waals surface area contributed by atoms with Gasteiger partial charge in [0.25, 0.3) is 0 Å². The maximum Gasteiger partial charge on any atom is 0.0365 e. The van der Waals surface area contributed by atoms with Crippen molar-refractivity contribution in [2.75, 3.05) is 51.0 Å². The summed E-state index contributed by atoms with van der Waals surface area (Å²) < 4.78 is 0. The van der Waals surface area contributed by atoms with E-state index in [0.717, 1.165) is 12.5 Å². The Bertz CT molecular complexity index is 374. The Morgan fingerprint density at radius 3 is 2.68 bits per heavy atom. The van der Waals surface area contributed by atoms with Crippen LogP contribution in [0, 0.1) is 5.92 Å². The standard InChI is InChI=1S/C16H27N3/c1-17-15-6-8-16(9-7-15)19(3)12-10-14-5-4-11-18(2)13-14/h6-9,14,17H,4-5,10-13H2,1-3H3. The highest BCUT2D eigenvalue weighted by atomic mass is 15.1. The average molecular weight is 261 g/mol. The number of nitrogens with one attached hydrogen (secondary N) is 1. The lowest BCUT2D eigenvalue weighted by Gasteiger charge is -2.31. The minimum absolute atomic E-state index is 0.873. The van der Waals surface area contributed by atoms with Crippen LogP contribution in [0.25, 0.3) is 0 Å². The molecule has 0 aromatic heterocycles. The summed E-state index contributed by atoms with van der Waals surface area (Å²) in [5.74, 6) is 0.873. The fraction of sp³-hybridized carbons (Fsp3) is 0.625. The highest BCUT2D eigenvalue weighted by Gasteiger charge is 2.17. The number of nitrogens with zero attached hydrogens (tertiary/aromatic N) is 2. The predicted molar refractivity (Wildman–Crippen MR) is 84.1 cm³/mol. The molecule has 1 aromatic carbocycles. The Labute approximate surface area is 117 Å². The lowest BCUT2D eigenvalue weighted by atomic mass is 9.95. The van der Waals surface area contributed by atoms with Gasteiger partial charge in [-0.1, -0.05) is 0 Å². The van der Waals surface area contributed by atoms with Crippen molar-refractivity contribution >= 4 is 11.4 Å². The lowest BCUT2D eigenvalue weighted by molar-refractivity contribution is 0.203. The molecule has 0 bridgehead atoms. The Morgan fingerprint density at radius 1 is 1.32 bits per heavy atom. The van der Waals surface area contributed by atoms with Crippen LogP contribution in [0.4, 0.5) is 11.4 Å². The fourth-order valence-electron chi connectivity index (χ4n) is 2.90. The van der Waals surface area contributed by atoms with Gasteiger partial charge in [0.2, 0.25) is 0 Å². The van der Waals surface area contributed by atoms with Crippen molar-refractivity contribution in [2.45, 2.75) is 19.3 Å². The molecule has 1 heterocycles. The summed E-state index contributed by atoms with van der Waals surface area (Å²) >= 11 is 0. The first-order chi connectivity index (χ1) is 9.19. The first kappa shape index (κ1) is 14.2. The van der Waals surface area contributed by atoms with Crippen molar-refractivity contribution in [1.82, 2.24) is 4.90 Å². The van der Waals surface area contributed by atoms with Crippen LogP contribution in [0.1, 0.15) is 19.3 Å². The molecule has 0 spiro atoms. The van der Waals surface area contributed by atoms with Gasteiger partial charge in [-0.25, -0.2) is 0 Å². The Morgan fingerprint density at radius 2 is 2.05 bits per heavy atom. The maximum atomic E-state index is 3.16. The summed E-state index contributed by atoms with van der Waals surface area (Å²) in [7, 11) is 6.39. The van der Waals surface area contributed by atoms with E-state index in [-0.39, 0.29) is 0 Å². The number of likely N-dealkylation sites (tertiary alicyclic amines) is 1. The Kier molecular flexibility index (Phi) is 5.08. The Hall–Kier alpha value is -1.22. The number of piperidine rings is 1. The second kappa shape index (κ2) is 6.80. The molecule has 1 aliphatic heterocycles. The summed E-state index contributed by atoms with van der Waals surface area (Å²) in [5.41, 5.74) is 2.48. The quantitative estimate of drug-likeness (QED) is 0.879. The number of rotatable bonds is 5. The minimum Gasteiger partial charge on any atom is -0.388 e. The molecule has 0 amide bonds. The number of hydrogen-bond donors (Lipinski definition) is 1. The molecule has 1 unspecified atom stereocenters. The van der Waals surface area contributed by atoms with Crippen LogP contribution in [0.2, 0.25) is 0 Å². The molecule has 0 saturated carbocycles. The highest BCUT2D eigenvalue weighted by molar-refractivity contribution is 5.54. The van der Waals surface area contributed by atoms with Crippen LogP contribution in [0.15, 0.2) is 24.3 Å². The van der Waals surface area contributed by atoms with Gasteiger partial charge in [0.05, 0.1) is 0 Å². The molecule has 19 heavy (non-hydrogen) atoms. The van der Waals surface area contributed by atoms with Gasteiger partial charge in [0.1, 0.15) is 0 Å². The third kappa shape index (κ3) is 4.13. The minimum atomic E-state index is 0.873. The zero-order valence-electron chi connectivity index (χ0n) is 12.5. The molecule has 1 saturated heterocycles. The van der Waals surface area contributed by atoms with E-state index in [2.05, 4.69) is 53.5 Å². The van der Waals surface area contributed by atoms with E-state index in [4.69, 9.17) is 0 Å². The van der Waals surface area contributed by atoms with Crippen LogP contribution in [0.5, 0.6) is 0 Å². The summed E-state index contributed by atoms with van der Waals surface area (Å²) in [6.07, 6.45) is 4.06. The molecule has 106 valence electrons. The Balaban J connectivity index is 1.81. The largest absolute Gasteiger partial charge is 0.388 e. The van der Waals surface area contributed by atoms with Crippen molar-refractivity contribution in [1.29, 1.82) is 0 Å². The van der Waals surface area contributed by atoms with Crippen LogP contribution in [-0.4, -0.2) is 45.7 Å². The van der Waals surface area contributed by atoms with E-state index < -0.39 is 0 Å². The van der Waals surface area contributed by atoms with E-state index in [1.807, 2.05) is 7.05 Å². The van der Waals surface area contributed by atoms with Crippen molar-refractivity contribution < 1.29 is 0 Å². The second-order valence-corrected chi connectivity index (χ2v) is 5.78. The van der Waals surface area contributed by atoms with Gasteiger partial charge in [-0.05, 0) is 63.0 Å². The molecule has 0 aliphatic carbocycles. The smallest absolute Gasteiger partial charge is 0.0365 e. The number of anilines is 2. The van der Waals surface area contributed by atoms with E-state index in [9.17, 15) is 0 Å². The zero-order valence-corrected chi connectivity index (χ0v) is 12.5. The van der Waals surface area contributed by atoms with Crippen LogP contribution in [0.3, 0.4) is 0 Å². The van der Waals surface area contributed by atoms with E-state index in [0.29, 0.717) is 0 Å². The number of benzene rings is 1. The van der Waals surface area contributed by atoms with Gasteiger partial charge in [0, 0.05) is 38.6 Å².